The second kappa shape index (κ2) is 4.65. The first-order chi connectivity index (χ1) is 8.15. The van der Waals surface area contributed by atoms with Crippen LogP contribution in [0.5, 0.6) is 0 Å². The van der Waals surface area contributed by atoms with Crippen molar-refractivity contribution in [2.24, 2.45) is 5.92 Å². The van der Waals surface area contributed by atoms with Crippen molar-refractivity contribution in [2.75, 3.05) is 7.11 Å². The Morgan fingerprint density at radius 2 is 2.29 bits per heavy atom. The number of rotatable bonds is 4. The number of pyridine rings is 1. The molecule has 0 aliphatic rings. The van der Waals surface area contributed by atoms with Crippen LogP contribution in [0.2, 0.25) is 0 Å². The molecule has 0 unspecified atom stereocenters. The SMILES string of the molecule is CO[C@H](O)[C@H](C)C(=O)c1cnc2ccccn12. The monoisotopic (exact) mass is 234 g/mol. The number of ether oxygens (including phenoxy) is 1. The van der Waals surface area contributed by atoms with Crippen molar-refractivity contribution in [1.29, 1.82) is 0 Å². The lowest BCUT2D eigenvalue weighted by atomic mass is 10.0. The van der Waals surface area contributed by atoms with E-state index in [4.69, 9.17) is 4.74 Å². The van der Waals surface area contributed by atoms with Gasteiger partial charge in [-0.3, -0.25) is 9.20 Å². The molecular weight excluding hydrogens is 220 g/mol. The zero-order valence-electron chi connectivity index (χ0n) is 9.70. The summed E-state index contributed by atoms with van der Waals surface area (Å²) in [6, 6.07) is 5.49. The van der Waals surface area contributed by atoms with Gasteiger partial charge in [0.2, 0.25) is 0 Å². The topological polar surface area (TPSA) is 63.8 Å². The predicted molar refractivity (Wildman–Crippen MR) is 61.7 cm³/mol. The molecule has 5 nitrogen and oxygen atoms in total. The van der Waals surface area contributed by atoms with Crippen LogP contribution >= 0.6 is 0 Å². The van der Waals surface area contributed by atoms with E-state index < -0.39 is 12.2 Å². The molecule has 2 heterocycles. The largest absolute Gasteiger partial charge is 0.367 e. The van der Waals surface area contributed by atoms with Crippen LogP contribution in [0.25, 0.3) is 5.65 Å². The summed E-state index contributed by atoms with van der Waals surface area (Å²) in [5.74, 6) is -0.821. The highest BCUT2D eigenvalue weighted by Crippen LogP contribution is 2.14. The maximum absolute atomic E-state index is 12.1. The molecule has 2 aromatic rings. The highest BCUT2D eigenvalue weighted by molar-refractivity contribution is 5.97. The van der Waals surface area contributed by atoms with E-state index in [1.54, 1.807) is 17.5 Å². The van der Waals surface area contributed by atoms with Gasteiger partial charge in [0.25, 0.3) is 0 Å². The highest BCUT2D eigenvalue weighted by atomic mass is 16.6. The Morgan fingerprint density at radius 1 is 1.53 bits per heavy atom. The first-order valence-electron chi connectivity index (χ1n) is 5.32. The molecule has 0 aliphatic heterocycles. The summed E-state index contributed by atoms with van der Waals surface area (Å²) in [5.41, 5.74) is 1.15. The molecule has 1 N–H and O–H groups in total. The molecule has 2 atom stereocenters. The lowest BCUT2D eigenvalue weighted by Gasteiger charge is -2.15. The second-order valence-electron chi connectivity index (χ2n) is 3.85. The number of hydrogen-bond donors (Lipinski definition) is 1. The van der Waals surface area contributed by atoms with Gasteiger partial charge in [-0.1, -0.05) is 13.0 Å². The zero-order chi connectivity index (χ0) is 12.4. The Bertz CT molecular complexity index is 535. The number of aliphatic hydroxyl groups excluding tert-OH is 1. The lowest BCUT2D eigenvalue weighted by Crippen LogP contribution is -2.27. The van der Waals surface area contributed by atoms with Crippen LogP contribution in [0.1, 0.15) is 17.4 Å². The fraction of sp³-hybridized carbons (Fsp3) is 0.333. The molecule has 0 bridgehead atoms. The van der Waals surface area contributed by atoms with Gasteiger partial charge in [0.15, 0.2) is 12.1 Å². The zero-order valence-corrected chi connectivity index (χ0v) is 9.70. The van der Waals surface area contributed by atoms with E-state index >= 15 is 0 Å². The lowest BCUT2D eigenvalue weighted by molar-refractivity contribution is -0.0974. The second-order valence-corrected chi connectivity index (χ2v) is 3.85. The normalized spacial score (nSPS) is 14.8. The van der Waals surface area contributed by atoms with E-state index in [2.05, 4.69) is 4.98 Å². The van der Waals surface area contributed by atoms with E-state index in [1.807, 2.05) is 18.2 Å². The number of aromatic nitrogens is 2. The molecule has 2 rings (SSSR count). The molecule has 0 aliphatic carbocycles. The van der Waals surface area contributed by atoms with Gasteiger partial charge in [-0.25, -0.2) is 4.98 Å². The van der Waals surface area contributed by atoms with E-state index in [9.17, 15) is 9.90 Å². The first-order valence-corrected chi connectivity index (χ1v) is 5.32. The average Bonchev–Trinajstić information content (AvgIpc) is 2.79. The van der Waals surface area contributed by atoms with E-state index in [-0.39, 0.29) is 5.78 Å². The van der Waals surface area contributed by atoms with Crippen LogP contribution in [-0.4, -0.2) is 33.7 Å². The minimum Gasteiger partial charge on any atom is -0.367 e. The molecule has 17 heavy (non-hydrogen) atoms. The Morgan fingerprint density at radius 3 is 3.00 bits per heavy atom. The number of methoxy groups -OCH3 is 1. The van der Waals surface area contributed by atoms with Gasteiger partial charge in [-0.05, 0) is 12.1 Å². The summed E-state index contributed by atoms with van der Waals surface area (Å²) in [6.07, 6.45) is 2.18. The van der Waals surface area contributed by atoms with Crippen molar-refractivity contribution >= 4 is 11.4 Å². The van der Waals surface area contributed by atoms with E-state index in [0.29, 0.717) is 11.3 Å². The van der Waals surface area contributed by atoms with E-state index in [0.717, 1.165) is 0 Å². The number of imidazole rings is 1. The maximum atomic E-state index is 12.1. The van der Waals surface area contributed by atoms with Crippen LogP contribution < -0.4 is 0 Å². The number of aliphatic hydroxyl groups is 1. The van der Waals surface area contributed by atoms with Crippen molar-refractivity contribution < 1.29 is 14.6 Å². The summed E-state index contributed by atoms with van der Waals surface area (Å²) in [5, 5.41) is 9.50. The van der Waals surface area contributed by atoms with Crippen molar-refractivity contribution in [3.8, 4) is 0 Å². The molecule has 0 aromatic carbocycles. The predicted octanol–water partition coefficient (Wildman–Crippen LogP) is 1.12. The minimum atomic E-state index is -1.10. The van der Waals surface area contributed by atoms with Gasteiger partial charge in [0.1, 0.15) is 11.3 Å². The van der Waals surface area contributed by atoms with Crippen LogP contribution in [-0.2, 0) is 4.74 Å². The summed E-state index contributed by atoms with van der Waals surface area (Å²) >= 11 is 0. The van der Waals surface area contributed by atoms with Crippen LogP contribution in [0, 0.1) is 5.92 Å². The van der Waals surface area contributed by atoms with Gasteiger partial charge >= 0.3 is 0 Å². The molecule has 0 amide bonds. The summed E-state index contributed by atoms with van der Waals surface area (Å²) in [7, 11) is 1.36. The summed E-state index contributed by atoms with van der Waals surface area (Å²) in [6.45, 7) is 1.62. The van der Waals surface area contributed by atoms with Crippen molar-refractivity contribution in [1.82, 2.24) is 9.38 Å². The van der Waals surface area contributed by atoms with Gasteiger partial charge in [0.05, 0.1) is 12.1 Å². The fourth-order valence-corrected chi connectivity index (χ4v) is 1.68. The Hall–Kier alpha value is -1.72. The summed E-state index contributed by atoms with van der Waals surface area (Å²) < 4.78 is 6.44. The molecule has 5 heteroatoms. The van der Waals surface area contributed by atoms with Gasteiger partial charge in [0, 0.05) is 13.3 Å². The third-order valence-electron chi connectivity index (χ3n) is 2.75. The van der Waals surface area contributed by atoms with Crippen molar-refractivity contribution in [3.63, 3.8) is 0 Å². The van der Waals surface area contributed by atoms with Crippen LogP contribution in [0.3, 0.4) is 0 Å². The van der Waals surface area contributed by atoms with Crippen molar-refractivity contribution in [2.45, 2.75) is 13.2 Å². The van der Waals surface area contributed by atoms with Gasteiger partial charge in [-0.2, -0.15) is 0 Å². The van der Waals surface area contributed by atoms with E-state index in [1.165, 1.54) is 13.3 Å². The third kappa shape index (κ3) is 2.07. The standard InChI is InChI=1S/C12H14N2O3/c1-8(12(16)17-2)11(15)9-7-13-10-5-3-4-6-14(9)10/h3-8,12,16H,1-2H3/t8-,12+/m1/s1. The number of carbonyl (C=O) groups excluding carboxylic acids is 1. The number of ketones is 1. The number of hydrogen-bond acceptors (Lipinski definition) is 4. The summed E-state index contributed by atoms with van der Waals surface area (Å²) in [4.78, 5) is 16.2. The third-order valence-corrected chi connectivity index (χ3v) is 2.75. The van der Waals surface area contributed by atoms with Crippen LogP contribution in [0.4, 0.5) is 0 Å². The molecule has 2 aromatic heterocycles. The number of nitrogens with zero attached hydrogens (tertiary/aromatic N) is 2. The maximum Gasteiger partial charge on any atom is 0.189 e. The molecular formula is C12H14N2O3. The smallest absolute Gasteiger partial charge is 0.189 e. The first kappa shape index (κ1) is 11.8. The number of fused-ring (bicyclic) bond motifs is 1. The highest BCUT2D eigenvalue weighted by Gasteiger charge is 2.25. The van der Waals surface area contributed by atoms with Gasteiger partial charge in [-0.15, -0.1) is 0 Å². The molecule has 90 valence electrons. The molecule has 0 saturated heterocycles. The molecule has 0 fully saturated rings. The van der Waals surface area contributed by atoms with Crippen molar-refractivity contribution in [3.05, 3.63) is 36.3 Å². The number of Topliss-reactive ketones (excluding diaryl/α,β-unsaturated/α-hetero) is 1. The fourth-order valence-electron chi connectivity index (χ4n) is 1.68. The number of carbonyl (C=O) groups is 1. The Labute approximate surface area is 98.7 Å². The molecule has 0 saturated carbocycles. The minimum absolute atomic E-state index is 0.196. The molecule has 0 spiro atoms. The van der Waals surface area contributed by atoms with Gasteiger partial charge < -0.3 is 9.84 Å². The quantitative estimate of drug-likeness (QED) is 0.636. The Balaban J connectivity index is 2.37. The van der Waals surface area contributed by atoms with Crippen LogP contribution in [0.15, 0.2) is 30.6 Å². The molecule has 0 radical (unpaired) electrons. The average molecular weight is 234 g/mol. The Kier molecular flexibility index (Phi) is 3.21.